The number of ether oxygens (including phenoxy) is 1. The van der Waals surface area contributed by atoms with Gasteiger partial charge in [-0.2, -0.15) is 0 Å². The van der Waals surface area contributed by atoms with E-state index >= 15 is 0 Å². The molecule has 0 saturated heterocycles. The monoisotopic (exact) mass is 285 g/mol. The highest BCUT2D eigenvalue weighted by atomic mass is 16.5. The van der Waals surface area contributed by atoms with E-state index in [0.717, 1.165) is 41.8 Å². The molecule has 5 nitrogen and oxygen atoms in total. The van der Waals surface area contributed by atoms with Crippen LogP contribution in [0.15, 0.2) is 24.3 Å². The summed E-state index contributed by atoms with van der Waals surface area (Å²) in [5, 5.41) is 3.43. The Morgan fingerprint density at radius 3 is 2.67 bits per heavy atom. The van der Waals surface area contributed by atoms with E-state index in [2.05, 4.69) is 15.3 Å². The van der Waals surface area contributed by atoms with Crippen LogP contribution in [0.3, 0.4) is 0 Å². The number of esters is 1. The molecule has 0 amide bonds. The molecule has 1 aromatic heterocycles. The van der Waals surface area contributed by atoms with Crippen molar-refractivity contribution in [1.82, 2.24) is 9.97 Å². The fraction of sp³-hybridized carbons (Fsp3) is 0.438. The van der Waals surface area contributed by atoms with Gasteiger partial charge < -0.3 is 10.1 Å². The average molecular weight is 285 g/mol. The van der Waals surface area contributed by atoms with Crippen LogP contribution in [0.5, 0.6) is 0 Å². The molecule has 1 saturated carbocycles. The summed E-state index contributed by atoms with van der Waals surface area (Å²) >= 11 is 0. The lowest BCUT2D eigenvalue weighted by molar-refractivity contribution is -0.145. The Morgan fingerprint density at radius 2 is 1.95 bits per heavy atom. The summed E-state index contributed by atoms with van der Waals surface area (Å²) in [6.07, 6.45) is 2.61. The number of nitrogens with zero attached hydrogens (tertiary/aromatic N) is 2. The third kappa shape index (κ3) is 2.82. The van der Waals surface area contributed by atoms with E-state index in [-0.39, 0.29) is 17.9 Å². The van der Waals surface area contributed by atoms with Crippen molar-refractivity contribution in [2.75, 3.05) is 12.4 Å². The first kappa shape index (κ1) is 13.8. The van der Waals surface area contributed by atoms with Gasteiger partial charge in [-0.25, -0.2) is 9.97 Å². The summed E-state index contributed by atoms with van der Waals surface area (Å²) in [4.78, 5) is 20.8. The number of hydrogen-bond donors (Lipinski definition) is 1. The van der Waals surface area contributed by atoms with Gasteiger partial charge >= 0.3 is 5.97 Å². The second-order valence-electron chi connectivity index (χ2n) is 5.52. The molecule has 1 aromatic carbocycles. The summed E-state index contributed by atoms with van der Waals surface area (Å²) in [6.45, 7) is 1.95. The first-order chi connectivity index (χ1) is 10.2. The van der Waals surface area contributed by atoms with Crippen LogP contribution >= 0.6 is 0 Å². The van der Waals surface area contributed by atoms with E-state index in [9.17, 15) is 4.79 Å². The molecule has 21 heavy (non-hydrogen) atoms. The Morgan fingerprint density at radius 1 is 1.24 bits per heavy atom. The first-order valence-electron chi connectivity index (χ1n) is 7.25. The van der Waals surface area contributed by atoms with Crippen molar-refractivity contribution in [2.24, 2.45) is 5.92 Å². The molecule has 1 N–H and O–H groups in total. The van der Waals surface area contributed by atoms with Crippen LogP contribution in [0, 0.1) is 12.8 Å². The molecular formula is C16H19N3O2. The van der Waals surface area contributed by atoms with Crippen LogP contribution in [0.1, 0.15) is 25.0 Å². The van der Waals surface area contributed by atoms with Crippen LogP contribution in [-0.4, -0.2) is 29.1 Å². The summed E-state index contributed by atoms with van der Waals surface area (Å²) < 4.78 is 4.82. The molecule has 0 bridgehead atoms. The van der Waals surface area contributed by atoms with Gasteiger partial charge in [-0.1, -0.05) is 12.1 Å². The second-order valence-corrected chi connectivity index (χ2v) is 5.52. The van der Waals surface area contributed by atoms with Gasteiger partial charge in [0, 0.05) is 6.04 Å². The average Bonchev–Trinajstić information content (AvgIpc) is 2.96. The van der Waals surface area contributed by atoms with Crippen LogP contribution in [0.4, 0.5) is 5.82 Å². The van der Waals surface area contributed by atoms with Gasteiger partial charge in [-0.3, -0.25) is 4.79 Å². The van der Waals surface area contributed by atoms with E-state index in [1.165, 1.54) is 7.11 Å². The lowest BCUT2D eigenvalue weighted by atomic mass is 10.1. The number of aromatic nitrogens is 2. The summed E-state index contributed by atoms with van der Waals surface area (Å²) in [6, 6.07) is 8.09. The number of para-hydroxylation sites is 2. The van der Waals surface area contributed by atoms with Crippen molar-refractivity contribution >= 4 is 22.8 Å². The molecule has 2 aromatic rings. The Bertz CT molecular complexity index is 672. The Labute approximate surface area is 123 Å². The molecule has 1 fully saturated rings. The molecule has 3 rings (SSSR count). The normalized spacial score (nSPS) is 21.4. The topological polar surface area (TPSA) is 64.1 Å². The number of nitrogens with one attached hydrogen (secondary N) is 1. The first-order valence-corrected chi connectivity index (χ1v) is 7.25. The highest BCUT2D eigenvalue weighted by Crippen LogP contribution is 2.29. The smallest absolute Gasteiger partial charge is 0.308 e. The maximum Gasteiger partial charge on any atom is 0.308 e. The molecule has 0 radical (unpaired) electrons. The minimum absolute atomic E-state index is 0.00113. The minimum atomic E-state index is -0.111. The number of carbonyl (C=O) groups excluding carboxylic acids is 1. The zero-order chi connectivity index (χ0) is 14.8. The lowest BCUT2D eigenvalue weighted by Crippen LogP contribution is -2.20. The van der Waals surface area contributed by atoms with E-state index < -0.39 is 0 Å². The predicted octanol–water partition coefficient (Wildman–Crippen LogP) is 2.69. The third-order valence-corrected chi connectivity index (χ3v) is 4.05. The van der Waals surface area contributed by atoms with Gasteiger partial charge in [0.05, 0.1) is 29.8 Å². The number of carbonyl (C=O) groups is 1. The molecule has 1 aliphatic carbocycles. The van der Waals surface area contributed by atoms with E-state index in [1.807, 2.05) is 31.2 Å². The van der Waals surface area contributed by atoms with Crippen LogP contribution in [-0.2, 0) is 9.53 Å². The number of fused-ring (bicyclic) bond motifs is 1. The number of rotatable bonds is 3. The Kier molecular flexibility index (Phi) is 3.73. The SMILES string of the molecule is COC(=O)[C@H]1CC[C@@H](Nc2nc3ccccc3nc2C)C1. The zero-order valence-electron chi connectivity index (χ0n) is 12.3. The molecule has 2 atom stereocenters. The maximum atomic E-state index is 11.6. The molecular weight excluding hydrogens is 266 g/mol. The predicted molar refractivity (Wildman–Crippen MR) is 81.0 cm³/mol. The Hall–Kier alpha value is -2.17. The van der Waals surface area contributed by atoms with Crippen molar-refractivity contribution in [3.05, 3.63) is 30.0 Å². The number of benzene rings is 1. The van der Waals surface area contributed by atoms with Gasteiger partial charge in [0.25, 0.3) is 0 Å². The maximum absolute atomic E-state index is 11.6. The number of aryl methyl sites for hydroxylation is 1. The molecule has 5 heteroatoms. The highest BCUT2D eigenvalue weighted by Gasteiger charge is 2.31. The number of anilines is 1. The summed E-state index contributed by atoms with van der Waals surface area (Å²) in [5.74, 6) is 0.700. The van der Waals surface area contributed by atoms with Crippen molar-refractivity contribution < 1.29 is 9.53 Å². The fourth-order valence-corrected chi connectivity index (χ4v) is 2.91. The van der Waals surface area contributed by atoms with Crippen molar-refractivity contribution in [2.45, 2.75) is 32.2 Å². The van der Waals surface area contributed by atoms with Gasteiger partial charge in [-0.05, 0) is 38.3 Å². The molecule has 0 unspecified atom stereocenters. The standard InChI is InChI=1S/C16H19N3O2/c1-10-15(19-14-6-4-3-5-13(14)17-10)18-12-8-7-11(9-12)16(20)21-2/h3-6,11-12H,7-9H2,1-2H3,(H,18,19)/t11-,12+/m0/s1. The zero-order valence-corrected chi connectivity index (χ0v) is 12.3. The largest absolute Gasteiger partial charge is 0.469 e. The highest BCUT2D eigenvalue weighted by molar-refractivity contribution is 5.76. The van der Waals surface area contributed by atoms with Gasteiger partial charge in [0.2, 0.25) is 0 Å². The molecule has 0 spiro atoms. The number of methoxy groups -OCH3 is 1. The number of hydrogen-bond acceptors (Lipinski definition) is 5. The molecule has 1 heterocycles. The van der Waals surface area contributed by atoms with Crippen molar-refractivity contribution in [1.29, 1.82) is 0 Å². The summed E-state index contributed by atoms with van der Waals surface area (Å²) in [7, 11) is 1.45. The quantitative estimate of drug-likeness (QED) is 0.878. The summed E-state index contributed by atoms with van der Waals surface area (Å²) in [5.41, 5.74) is 2.67. The van der Waals surface area contributed by atoms with E-state index in [0.29, 0.717) is 0 Å². The fourth-order valence-electron chi connectivity index (χ4n) is 2.91. The second kappa shape index (κ2) is 5.68. The van der Waals surface area contributed by atoms with E-state index in [1.54, 1.807) is 0 Å². The van der Waals surface area contributed by atoms with Crippen LogP contribution < -0.4 is 5.32 Å². The van der Waals surface area contributed by atoms with Crippen LogP contribution in [0.25, 0.3) is 11.0 Å². The van der Waals surface area contributed by atoms with Crippen molar-refractivity contribution in [3.8, 4) is 0 Å². The lowest BCUT2D eigenvalue weighted by Gasteiger charge is -2.15. The molecule has 0 aliphatic heterocycles. The van der Waals surface area contributed by atoms with Crippen molar-refractivity contribution in [3.63, 3.8) is 0 Å². The van der Waals surface area contributed by atoms with Gasteiger partial charge in [0.15, 0.2) is 0 Å². The molecule has 110 valence electrons. The van der Waals surface area contributed by atoms with E-state index in [4.69, 9.17) is 4.74 Å². The Balaban J connectivity index is 1.76. The van der Waals surface area contributed by atoms with Gasteiger partial charge in [0.1, 0.15) is 5.82 Å². The molecule has 1 aliphatic rings. The third-order valence-electron chi connectivity index (χ3n) is 4.05. The minimum Gasteiger partial charge on any atom is -0.469 e. The van der Waals surface area contributed by atoms with Gasteiger partial charge in [-0.15, -0.1) is 0 Å². The van der Waals surface area contributed by atoms with Crippen LogP contribution in [0.2, 0.25) is 0 Å².